The number of amidine groups is 1. The van der Waals surface area contributed by atoms with E-state index in [1.807, 2.05) is 17.1 Å². The van der Waals surface area contributed by atoms with E-state index >= 15 is 0 Å². The topological polar surface area (TPSA) is 41.6 Å². The Morgan fingerprint density at radius 3 is 2.64 bits per heavy atom. The number of hydrazone groups is 1. The Kier molecular flexibility index (Phi) is 2.72. The van der Waals surface area contributed by atoms with Gasteiger partial charge in [-0.3, -0.25) is 5.01 Å². The Morgan fingerprint density at radius 2 is 2.07 bits per heavy atom. The van der Waals surface area contributed by atoms with Crippen molar-refractivity contribution in [2.24, 2.45) is 10.8 Å². The highest BCUT2D eigenvalue weighted by Crippen LogP contribution is 2.14. The fourth-order valence-corrected chi connectivity index (χ4v) is 1.70. The normalized spacial score (nSPS) is 15.8. The van der Waals surface area contributed by atoms with E-state index in [1.165, 1.54) is 5.56 Å². The molecule has 4 heteroatoms. The highest BCUT2D eigenvalue weighted by Gasteiger charge is 2.11. The number of nitrogens with two attached hydrogens (primary N) is 1. The van der Waals surface area contributed by atoms with Gasteiger partial charge in [-0.2, -0.15) is 5.10 Å². The van der Waals surface area contributed by atoms with Crippen LogP contribution in [0.25, 0.3) is 0 Å². The van der Waals surface area contributed by atoms with Crippen LogP contribution in [0, 0.1) is 0 Å². The second-order valence-electron chi connectivity index (χ2n) is 3.36. The summed E-state index contributed by atoms with van der Waals surface area (Å²) in [6.45, 7) is 1.77. The lowest BCUT2D eigenvalue weighted by atomic mass is 10.2. The van der Waals surface area contributed by atoms with Crippen LogP contribution in [0.1, 0.15) is 12.0 Å². The van der Waals surface area contributed by atoms with Crippen molar-refractivity contribution < 1.29 is 0 Å². The first kappa shape index (κ1) is 9.52. The molecule has 0 aromatic heterocycles. The molecule has 0 atom stereocenters. The molecule has 0 spiro atoms. The fourth-order valence-electron chi connectivity index (χ4n) is 1.44. The molecule has 0 fully saturated rings. The van der Waals surface area contributed by atoms with Gasteiger partial charge in [0.05, 0.1) is 6.54 Å². The number of halogens is 1. The zero-order valence-electron chi connectivity index (χ0n) is 7.78. The first-order valence-corrected chi connectivity index (χ1v) is 5.36. The minimum absolute atomic E-state index is 0.738. The van der Waals surface area contributed by atoms with Crippen LogP contribution >= 0.6 is 15.9 Å². The lowest BCUT2D eigenvalue weighted by Gasteiger charge is -2.12. The smallest absolute Gasteiger partial charge is 0.121 e. The SMILES string of the molecule is NC1=NN(Cc2ccc(Br)cc2)CC1. The lowest BCUT2D eigenvalue weighted by Crippen LogP contribution is -2.13. The zero-order valence-corrected chi connectivity index (χ0v) is 9.37. The molecule has 0 saturated heterocycles. The molecule has 3 nitrogen and oxygen atoms in total. The van der Waals surface area contributed by atoms with E-state index in [1.54, 1.807) is 0 Å². The van der Waals surface area contributed by atoms with Crippen molar-refractivity contribution in [2.45, 2.75) is 13.0 Å². The van der Waals surface area contributed by atoms with Gasteiger partial charge in [0.25, 0.3) is 0 Å². The number of hydrogen-bond acceptors (Lipinski definition) is 3. The van der Waals surface area contributed by atoms with Gasteiger partial charge in [-0.05, 0) is 17.7 Å². The molecule has 2 N–H and O–H groups in total. The third-order valence-corrected chi connectivity index (χ3v) is 2.70. The number of benzene rings is 1. The van der Waals surface area contributed by atoms with Crippen LogP contribution in [-0.2, 0) is 6.54 Å². The molecule has 74 valence electrons. The quantitative estimate of drug-likeness (QED) is 0.876. The molecule has 1 aromatic carbocycles. The fraction of sp³-hybridized carbons (Fsp3) is 0.300. The summed E-state index contributed by atoms with van der Waals surface area (Å²) >= 11 is 3.41. The molecule has 0 bridgehead atoms. The van der Waals surface area contributed by atoms with Gasteiger partial charge in [0.1, 0.15) is 5.84 Å². The van der Waals surface area contributed by atoms with Crippen molar-refractivity contribution in [1.29, 1.82) is 0 Å². The van der Waals surface area contributed by atoms with Crippen LogP contribution in [0.4, 0.5) is 0 Å². The average Bonchev–Trinajstić information content (AvgIpc) is 2.56. The summed E-state index contributed by atoms with van der Waals surface area (Å²) in [6, 6.07) is 8.26. The van der Waals surface area contributed by atoms with Crippen molar-refractivity contribution in [3.8, 4) is 0 Å². The summed E-state index contributed by atoms with van der Waals surface area (Å²) in [5.74, 6) is 0.738. The minimum Gasteiger partial charge on any atom is -0.386 e. The maximum Gasteiger partial charge on any atom is 0.121 e. The minimum atomic E-state index is 0.738. The molecular weight excluding hydrogens is 242 g/mol. The van der Waals surface area contributed by atoms with E-state index in [-0.39, 0.29) is 0 Å². The molecule has 0 amide bonds. The second-order valence-corrected chi connectivity index (χ2v) is 4.27. The monoisotopic (exact) mass is 253 g/mol. The van der Waals surface area contributed by atoms with E-state index in [4.69, 9.17) is 5.73 Å². The molecule has 14 heavy (non-hydrogen) atoms. The van der Waals surface area contributed by atoms with Gasteiger partial charge in [0, 0.05) is 17.4 Å². The highest BCUT2D eigenvalue weighted by molar-refractivity contribution is 9.10. The summed E-state index contributed by atoms with van der Waals surface area (Å²) in [4.78, 5) is 0. The molecule has 0 radical (unpaired) electrons. The number of hydrogen-bond donors (Lipinski definition) is 1. The first-order chi connectivity index (χ1) is 6.74. The second kappa shape index (κ2) is 4.00. The Labute approximate surface area is 91.7 Å². The van der Waals surface area contributed by atoms with Gasteiger partial charge in [-0.1, -0.05) is 28.1 Å². The van der Waals surface area contributed by atoms with Gasteiger partial charge in [-0.15, -0.1) is 0 Å². The van der Waals surface area contributed by atoms with Gasteiger partial charge < -0.3 is 5.73 Å². The molecule has 1 aliphatic heterocycles. The zero-order chi connectivity index (χ0) is 9.97. The van der Waals surface area contributed by atoms with Crippen molar-refractivity contribution in [2.75, 3.05) is 6.54 Å². The maximum atomic E-state index is 5.60. The van der Waals surface area contributed by atoms with E-state index in [2.05, 4.69) is 33.2 Å². The molecule has 0 unspecified atom stereocenters. The van der Waals surface area contributed by atoms with E-state index < -0.39 is 0 Å². The van der Waals surface area contributed by atoms with Crippen molar-refractivity contribution >= 4 is 21.8 Å². The molecular formula is C10H12BrN3. The Hall–Kier alpha value is -1.03. The first-order valence-electron chi connectivity index (χ1n) is 4.56. The van der Waals surface area contributed by atoms with Crippen molar-refractivity contribution in [3.63, 3.8) is 0 Å². The van der Waals surface area contributed by atoms with Gasteiger partial charge in [0.2, 0.25) is 0 Å². The maximum absolute atomic E-state index is 5.60. The van der Waals surface area contributed by atoms with Gasteiger partial charge in [-0.25, -0.2) is 0 Å². The molecule has 0 saturated carbocycles. The number of nitrogens with zero attached hydrogens (tertiary/aromatic N) is 2. The Bertz CT molecular complexity index is 345. The third-order valence-electron chi connectivity index (χ3n) is 2.17. The summed E-state index contributed by atoms with van der Waals surface area (Å²) in [5, 5.41) is 6.22. The molecule has 1 aliphatic rings. The predicted molar refractivity (Wildman–Crippen MR) is 60.8 cm³/mol. The third kappa shape index (κ3) is 2.26. The van der Waals surface area contributed by atoms with Crippen LogP contribution in [0.15, 0.2) is 33.8 Å². The van der Waals surface area contributed by atoms with Crippen LogP contribution < -0.4 is 5.73 Å². The van der Waals surface area contributed by atoms with Crippen LogP contribution in [-0.4, -0.2) is 17.4 Å². The summed E-state index contributed by atoms with van der Waals surface area (Å²) in [5.41, 5.74) is 6.86. The van der Waals surface area contributed by atoms with Gasteiger partial charge >= 0.3 is 0 Å². The Balaban J connectivity index is 2.01. The lowest BCUT2D eigenvalue weighted by molar-refractivity contribution is 0.310. The van der Waals surface area contributed by atoms with E-state index in [0.717, 1.165) is 29.8 Å². The number of rotatable bonds is 2. The standard InChI is InChI=1S/C10H12BrN3/c11-9-3-1-8(2-4-9)7-14-6-5-10(12)13-14/h1-4H,5-7H2,(H2,12,13). The molecule has 1 aromatic rings. The largest absolute Gasteiger partial charge is 0.386 e. The summed E-state index contributed by atoms with van der Waals surface area (Å²) in [6.07, 6.45) is 0.885. The Morgan fingerprint density at radius 1 is 1.36 bits per heavy atom. The molecule has 2 rings (SSSR count). The van der Waals surface area contributed by atoms with Crippen molar-refractivity contribution in [1.82, 2.24) is 5.01 Å². The summed E-state index contributed by atoms with van der Waals surface area (Å²) < 4.78 is 1.10. The molecule has 1 heterocycles. The summed E-state index contributed by atoms with van der Waals surface area (Å²) in [7, 11) is 0. The highest BCUT2D eigenvalue weighted by atomic mass is 79.9. The van der Waals surface area contributed by atoms with E-state index in [0.29, 0.717) is 0 Å². The van der Waals surface area contributed by atoms with Gasteiger partial charge in [0.15, 0.2) is 0 Å². The van der Waals surface area contributed by atoms with Crippen LogP contribution in [0.5, 0.6) is 0 Å². The van der Waals surface area contributed by atoms with Crippen molar-refractivity contribution in [3.05, 3.63) is 34.3 Å². The van der Waals surface area contributed by atoms with Crippen LogP contribution in [0.2, 0.25) is 0 Å². The van der Waals surface area contributed by atoms with Crippen LogP contribution in [0.3, 0.4) is 0 Å². The predicted octanol–water partition coefficient (Wildman–Crippen LogP) is 1.93. The molecule has 0 aliphatic carbocycles. The van der Waals surface area contributed by atoms with E-state index in [9.17, 15) is 0 Å². The average molecular weight is 254 g/mol.